The van der Waals surface area contributed by atoms with E-state index in [1.54, 1.807) is 0 Å². The first-order valence-corrected chi connectivity index (χ1v) is 4.55. The van der Waals surface area contributed by atoms with Gasteiger partial charge in [0.2, 0.25) is 5.91 Å². The highest BCUT2D eigenvalue weighted by atomic mass is 16.6. The van der Waals surface area contributed by atoms with Gasteiger partial charge in [-0.3, -0.25) is 4.79 Å². The Morgan fingerprint density at radius 3 is 2.33 bits per heavy atom. The van der Waals surface area contributed by atoms with Gasteiger partial charge in [-0.15, -0.1) is 0 Å². The summed E-state index contributed by atoms with van der Waals surface area (Å²) in [4.78, 5) is 10.7. The van der Waals surface area contributed by atoms with Crippen LogP contribution in [0, 0.1) is 0 Å². The van der Waals surface area contributed by atoms with Crippen LogP contribution in [0.15, 0.2) is 0 Å². The van der Waals surface area contributed by atoms with Gasteiger partial charge in [0.25, 0.3) is 0 Å². The fraction of sp³-hybridized carbons (Fsp3) is 0.875. The van der Waals surface area contributed by atoms with E-state index in [9.17, 15) is 20.1 Å². The Labute approximate surface area is 86.3 Å². The van der Waals surface area contributed by atoms with E-state index >= 15 is 0 Å². The Balaban J connectivity index is 2.69. The van der Waals surface area contributed by atoms with E-state index in [-0.39, 0.29) is 0 Å². The number of aliphatic hydroxyl groups is 4. The second kappa shape index (κ2) is 4.86. The Hall–Kier alpha value is -0.730. The highest BCUT2D eigenvalue weighted by molar-refractivity contribution is 5.73. The molecule has 1 saturated heterocycles. The predicted molar refractivity (Wildman–Crippen MR) is 47.6 cm³/mol. The third-order valence-corrected chi connectivity index (χ3v) is 2.24. The monoisotopic (exact) mass is 221 g/mol. The molecule has 0 aromatic rings. The quantitative estimate of drug-likeness (QED) is 0.337. The number of carbonyl (C=O) groups excluding carboxylic acids is 1. The van der Waals surface area contributed by atoms with Gasteiger partial charge in [-0.1, -0.05) is 0 Å². The molecule has 7 heteroatoms. The topological polar surface area (TPSA) is 119 Å². The van der Waals surface area contributed by atoms with Crippen LogP contribution in [-0.2, 0) is 9.53 Å². The maximum absolute atomic E-state index is 10.7. The SMILES string of the molecule is CC(=O)N[C@@H]1O[C@H](CO)[C@H](O)[C@@H](O)[C@H]1O. The molecule has 0 bridgehead atoms. The summed E-state index contributed by atoms with van der Waals surface area (Å²) in [5, 5.41) is 39.3. The molecule has 15 heavy (non-hydrogen) atoms. The van der Waals surface area contributed by atoms with Crippen molar-refractivity contribution in [2.24, 2.45) is 0 Å². The van der Waals surface area contributed by atoms with Crippen LogP contribution in [0.1, 0.15) is 6.92 Å². The van der Waals surface area contributed by atoms with Crippen LogP contribution in [0.4, 0.5) is 0 Å². The van der Waals surface area contributed by atoms with Crippen LogP contribution in [-0.4, -0.2) is 63.6 Å². The predicted octanol–water partition coefficient (Wildman–Crippen LogP) is -3.08. The molecule has 0 unspecified atom stereocenters. The van der Waals surface area contributed by atoms with Crippen molar-refractivity contribution in [2.75, 3.05) is 6.61 Å². The van der Waals surface area contributed by atoms with Gasteiger partial charge in [0.05, 0.1) is 6.61 Å². The van der Waals surface area contributed by atoms with Crippen molar-refractivity contribution >= 4 is 5.91 Å². The first kappa shape index (κ1) is 12.3. The first-order valence-electron chi connectivity index (χ1n) is 4.55. The molecule has 5 N–H and O–H groups in total. The first-order chi connectivity index (χ1) is 6.97. The molecule has 1 amide bonds. The number of aliphatic hydroxyl groups excluding tert-OH is 4. The van der Waals surface area contributed by atoms with Crippen molar-refractivity contribution in [3.63, 3.8) is 0 Å². The summed E-state index contributed by atoms with van der Waals surface area (Å²) in [6.45, 7) is 0.711. The number of nitrogens with one attached hydrogen (secondary N) is 1. The molecule has 1 heterocycles. The van der Waals surface area contributed by atoms with Gasteiger partial charge in [0.1, 0.15) is 24.4 Å². The van der Waals surface area contributed by atoms with Crippen LogP contribution < -0.4 is 5.32 Å². The minimum Gasteiger partial charge on any atom is -0.394 e. The van der Waals surface area contributed by atoms with Crippen LogP contribution in [0.25, 0.3) is 0 Å². The number of hydrogen-bond acceptors (Lipinski definition) is 6. The molecule has 1 fully saturated rings. The Kier molecular flexibility index (Phi) is 4.00. The fourth-order valence-corrected chi connectivity index (χ4v) is 1.42. The summed E-state index contributed by atoms with van der Waals surface area (Å²) in [5.41, 5.74) is 0. The molecule has 0 radical (unpaired) electrons. The summed E-state index contributed by atoms with van der Waals surface area (Å²) >= 11 is 0. The van der Waals surface area contributed by atoms with Crippen molar-refractivity contribution in [3.8, 4) is 0 Å². The number of rotatable bonds is 2. The van der Waals surface area contributed by atoms with E-state index in [0.717, 1.165) is 0 Å². The minimum absolute atomic E-state index is 0.445. The standard InChI is InChI=1S/C8H15NO6/c1-3(11)9-8-7(14)6(13)5(12)4(2-10)15-8/h4-8,10,12-14H,2H2,1H3,(H,9,11)/t4-,5+,6-,7-,8-/m1/s1. The molecule has 88 valence electrons. The zero-order chi connectivity index (χ0) is 11.6. The third kappa shape index (κ3) is 2.64. The number of amides is 1. The molecule has 0 aromatic heterocycles. The van der Waals surface area contributed by atoms with E-state index in [4.69, 9.17) is 9.84 Å². The molecule has 1 aliphatic heterocycles. The van der Waals surface area contributed by atoms with Gasteiger partial charge in [-0.05, 0) is 0 Å². The maximum Gasteiger partial charge on any atom is 0.218 e. The zero-order valence-corrected chi connectivity index (χ0v) is 8.20. The lowest BCUT2D eigenvalue weighted by atomic mass is 9.98. The summed E-state index contributed by atoms with van der Waals surface area (Å²) in [6.07, 6.45) is -6.42. The van der Waals surface area contributed by atoms with Crippen molar-refractivity contribution in [1.29, 1.82) is 0 Å². The van der Waals surface area contributed by atoms with Gasteiger partial charge in [0, 0.05) is 6.92 Å². The maximum atomic E-state index is 10.7. The lowest BCUT2D eigenvalue weighted by Gasteiger charge is -2.39. The van der Waals surface area contributed by atoms with E-state index in [1.165, 1.54) is 6.92 Å². The van der Waals surface area contributed by atoms with E-state index in [0.29, 0.717) is 0 Å². The van der Waals surface area contributed by atoms with Gasteiger partial charge in [-0.25, -0.2) is 0 Å². The van der Waals surface area contributed by atoms with Crippen molar-refractivity contribution in [3.05, 3.63) is 0 Å². The molecule has 7 nitrogen and oxygen atoms in total. The Morgan fingerprint density at radius 1 is 1.27 bits per heavy atom. The Morgan fingerprint density at radius 2 is 1.87 bits per heavy atom. The second-order valence-corrected chi connectivity index (χ2v) is 3.45. The lowest BCUT2D eigenvalue weighted by molar-refractivity contribution is -0.235. The highest BCUT2D eigenvalue weighted by Gasteiger charge is 2.43. The summed E-state index contributed by atoms with van der Waals surface area (Å²) in [7, 11) is 0. The van der Waals surface area contributed by atoms with Gasteiger partial charge in [0.15, 0.2) is 6.23 Å². The second-order valence-electron chi connectivity index (χ2n) is 3.45. The third-order valence-electron chi connectivity index (χ3n) is 2.24. The largest absolute Gasteiger partial charge is 0.394 e. The van der Waals surface area contributed by atoms with E-state index in [2.05, 4.69) is 5.32 Å². The fourth-order valence-electron chi connectivity index (χ4n) is 1.42. The minimum atomic E-state index is -1.47. The van der Waals surface area contributed by atoms with E-state index in [1.807, 2.05) is 0 Å². The highest BCUT2D eigenvalue weighted by Crippen LogP contribution is 2.19. The van der Waals surface area contributed by atoms with Crippen LogP contribution in [0.5, 0.6) is 0 Å². The molecule has 0 spiro atoms. The average molecular weight is 221 g/mol. The van der Waals surface area contributed by atoms with Crippen molar-refractivity contribution in [2.45, 2.75) is 37.6 Å². The molecule has 0 saturated carbocycles. The number of carbonyl (C=O) groups is 1. The lowest BCUT2D eigenvalue weighted by Crippen LogP contribution is -2.63. The molecule has 1 rings (SSSR count). The molecule has 1 aliphatic rings. The number of hydrogen-bond donors (Lipinski definition) is 5. The van der Waals surface area contributed by atoms with Crippen LogP contribution in [0.2, 0.25) is 0 Å². The smallest absolute Gasteiger partial charge is 0.218 e. The van der Waals surface area contributed by atoms with Crippen molar-refractivity contribution in [1.82, 2.24) is 5.32 Å². The molecular formula is C8H15NO6. The van der Waals surface area contributed by atoms with E-state index < -0.39 is 43.2 Å². The van der Waals surface area contributed by atoms with Gasteiger partial charge >= 0.3 is 0 Å². The van der Waals surface area contributed by atoms with Gasteiger partial charge in [-0.2, -0.15) is 0 Å². The molecule has 5 atom stereocenters. The Bertz CT molecular complexity index is 233. The zero-order valence-electron chi connectivity index (χ0n) is 8.20. The summed E-state index contributed by atoms with van der Waals surface area (Å²) in [6, 6.07) is 0. The van der Waals surface area contributed by atoms with Crippen LogP contribution >= 0.6 is 0 Å². The number of ether oxygens (including phenoxy) is 1. The van der Waals surface area contributed by atoms with Crippen LogP contribution in [0.3, 0.4) is 0 Å². The summed E-state index contributed by atoms with van der Waals surface area (Å²) < 4.78 is 5.00. The van der Waals surface area contributed by atoms with Crippen molar-refractivity contribution < 1.29 is 30.0 Å². The molecular weight excluding hydrogens is 206 g/mol. The molecule has 0 aliphatic carbocycles. The molecule has 0 aromatic carbocycles. The van der Waals surface area contributed by atoms with Gasteiger partial charge < -0.3 is 30.5 Å². The summed E-state index contributed by atoms with van der Waals surface area (Å²) in [5.74, 6) is -0.445. The normalized spacial score (nSPS) is 41.3. The average Bonchev–Trinajstić information content (AvgIpc) is 2.18.